The maximum Gasteiger partial charge on any atom is 0.434 e. The second kappa shape index (κ2) is 11.8. The van der Waals surface area contributed by atoms with E-state index in [1.54, 1.807) is 0 Å². The summed E-state index contributed by atoms with van der Waals surface area (Å²) in [6, 6.07) is 0. The molecule has 228 valence electrons. The molecule has 6 nitrogen and oxygen atoms in total. The molecule has 0 aromatic carbocycles. The molecule has 0 spiro atoms. The van der Waals surface area contributed by atoms with E-state index >= 15 is 0 Å². The molecule has 2 aliphatic carbocycles. The monoisotopic (exact) mass is 580 g/mol. The molecule has 0 aromatic heterocycles. The molecule has 0 amide bonds. The first kappa shape index (κ1) is 34.9. The number of rotatable bonds is 8. The molecule has 0 heterocycles. The molecule has 39 heavy (non-hydrogen) atoms. The minimum atomic E-state index is -5.88. The molecule has 0 saturated heterocycles. The maximum absolute atomic E-state index is 13.3. The van der Waals surface area contributed by atoms with Crippen LogP contribution in [0.15, 0.2) is 0 Å². The number of fused-ring (bicyclic) bond motifs is 2. The second-order valence-electron chi connectivity index (χ2n) is 11.8. The van der Waals surface area contributed by atoms with Crippen LogP contribution in [0.3, 0.4) is 0 Å². The molecule has 2 saturated carbocycles. The van der Waals surface area contributed by atoms with Crippen molar-refractivity contribution in [3.05, 3.63) is 0 Å². The van der Waals surface area contributed by atoms with Gasteiger partial charge in [0.1, 0.15) is 6.10 Å². The van der Waals surface area contributed by atoms with E-state index < -0.39 is 42.7 Å². The molecule has 2 aliphatic rings. The number of carbonyl (C=O) groups is 3. The molecule has 2 bridgehead atoms. The lowest BCUT2D eigenvalue weighted by Crippen LogP contribution is -2.46. The number of esters is 3. The average Bonchev–Trinajstić information content (AvgIpc) is 3.13. The summed E-state index contributed by atoms with van der Waals surface area (Å²) in [4.78, 5) is 34.1. The molecule has 4 unspecified atom stereocenters. The molecule has 0 aliphatic heterocycles. The Morgan fingerprint density at radius 2 is 1.38 bits per heavy atom. The van der Waals surface area contributed by atoms with Crippen LogP contribution in [-0.4, -0.2) is 54.7 Å². The van der Waals surface area contributed by atoms with E-state index in [-0.39, 0.29) is 29.3 Å². The summed E-state index contributed by atoms with van der Waals surface area (Å²) in [7, 11) is 0. The van der Waals surface area contributed by atoms with Crippen molar-refractivity contribution >= 4 is 17.9 Å². The van der Waals surface area contributed by atoms with Crippen LogP contribution in [0.4, 0.5) is 30.7 Å². The van der Waals surface area contributed by atoms with E-state index in [9.17, 15) is 45.1 Å². The van der Waals surface area contributed by atoms with Gasteiger partial charge in [0.25, 0.3) is 6.10 Å². The molecule has 4 atom stereocenters. The van der Waals surface area contributed by atoms with Crippen molar-refractivity contribution in [2.75, 3.05) is 6.61 Å². The van der Waals surface area contributed by atoms with Gasteiger partial charge in [-0.05, 0) is 64.2 Å². The Kier molecular flexibility index (Phi) is 10.6. The minimum Gasteiger partial charge on any atom is -0.461 e. The summed E-state index contributed by atoms with van der Waals surface area (Å²) in [5.74, 6) is -2.99. The summed E-state index contributed by atoms with van der Waals surface area (Å²) in [6.45, 7) is 13.5. The zero-order chi connectivity index (χ0) is 30.8. The van der Waals surface area contributed by atoms with Crippen LogP contribution >= 0.6 is 0 Å². The predicted molar refractivity (Wildman–Crippen MR) is 126 cm³/mol. The van der Waals surface area contributed by atoms with Gasteiger partial charge in [0.2, 0.25) is 5.67 Å². The third-order valence-electron chi connectivity index (χ3n) is 8.65. The van der Waals surface area contributed by atoms with Crippen molar-refractivity contribution in [1.29, 1.82) is 0 Å². The van der Waals surface area contributed by atoms with Gasteiger partial charge in [0, 0.05) is 5.41 Å². The molecule has 13 heteroatoms. The third kappa shape index (κ3) is 7.99. The predicted octanol–water partition coefficient (Wildman–Crippen LogP) is 6.88. The van der Waals surface area contributed by atoms with Crippen molar-refractivity contribution in [2.45, 2.75) is 118 Å². The largest absolute Gasteiger partial charge is 0.461 e. The second-order valence-corrected chi connectivity index (χ2v) is 11.8. The molecule has 0 radical (unpaired) electrons. The van der Waals surface area contributed by atoms with Gasteiger partial charge in [0.15, 0.2) is 6.61 Å². The Bertz CT molecular complexity index is 880. The Balaban J connectivity index is 0.000000393. The number of carbonyl (C=O) groups excluding carboxylic acids is 3. The number of ether oxygens (including phenoxy) is 3. The van der Waals surface area contributed by atoms with Gasteiger partial charge in [0.05, 0.1) is 5.41 Å². The van der Waals surface area contributed by atoms with Crippen LogP contribution in [0, 0.1) is 22.2 Å². The minimum absolute atomic E-state index is 0.0143. The van der Waals surface area contributed by atoms with Crippen LogP contribution in [0.25, 0.3) is 0 Å². The Labute approximate surface area is 224 Å². The zero-order valence-corrected chi connectivity index (χ0v) is 23.6. The molecule has 2 rings (SSSR count). The van der Waals surface area contributed by atoms with Gasteiger partial charge >= 0.3 is 30.3 Å². The van der Waals surface area contributed by atoms with Crippen molar-refractivity contribution in [3.8, 4) is 0 Å². The van der Waals surface area contributed by atoms with Crippen molar-refractivity contribution < 1.29 is 59.3 Å². The SMILES string of the molecule is CCC(C)(C)C(=O)OC1CC2CCC1(C)C2(C)C.CCC(C)(F)C(=O)OCC(=O)OC(C(F)(F)F)C(F)(F)F. The summed E-state index contributed by atoms with van der Waals surface area (Å²) < 4.78 is 98.7. The van der Waals surface area contributed by atoms with Crippen molar-refractivity contribution in [2.24, 2.45) is 22.2 Å². The summed E-state index contributed by atoms with van der Waals surface area (Å²) >= 11 is 0. The quantitative estimate of drug-likeness (QED) is 0.177. The molecule has 0 N–H and O–H groups in total. The van der Waals surface area contributed by atoms with Gasteiger partial charge in [-0.2, -0.15) is 26.3 Å². The first-order chi connectivity index (χ1) is 17.4. The average molecular weight is 581 g/mol. The highest BCUT2D eigenvalue weighted by Crippen LogP contribution is 2.66. The van der Waals surface area contributed by atoms with Crippen LogP contribution in [0.2, 0.25) is 0 Å². The zero-order valence-electron chi connectivity index (χ0n) is 23.6. The highest BCUT2D eigenvalue weighted by Gasteiger charge is 2.63. The lowest BCUT2D eigenvalue weighted by molar-refractivity contribution is -0.313. The molecular weight excluding hydrogens is 541 g/mol. The Morgan fingerprint density at radius 3 is 1.74 bits per heavy atom. The van der Waals surface area contributed by atoms with Gasteiger partial charge < -0.3 is 14.2 Å². The smallest absolute Gasteiger partial charge is 0.434 e. The van der Waals surface area contributed by atoms with E-state index in [4.69, 9.17) is 4.74 Å². The lowest BCUT2D eigenvalue weighted by Gasteiger charge is -2.39. The Hall–Kier alpha value is -2.08. The van der Waals surface area contributed by atoms with E-state index in [0.717, 1.165) is 25.7 Å². The fraction of sp³-hybridized carbons (Fsp3) is 0.885. The lowest BCUT2D eigenvalue weighted by atomic mass is 9.70. The van der Waals surface area contributed by atoms with Gasteiger partial charge in [-0.3, -0.25) is 4.79 Å². The molecule has 0 aromatic rings. The standard InChI is InChI=1S/C16H28O2.C10H11F7O4/c1-7-14(2,3)13(17)18-12-10-11-8-9-16(12,6)15(11,4)5;1-3-8(2,11)7(19)20-4-5(18)21-6(9(12,13)14)10(15,16)17/h11-12H,7-10H2,1-6H3;6H,3-4H2,1-2H3. The first-order valence-electron chi connectivity index (χ1n) is 12.8. The number of hydrogen-bond donors (Lipinski definition) is 0. The topological polar surface area (TPSA) is 78.9 Å². The number of alkyl halides is 7. The van der Waals surface area contributed by atoms with Crippen LogP contribution in [0.1, 0.15) is 87.5 Å². The van der Waals surface area contributed by atoms with E-state index in [0.29, 0.717) is 5.41 Å². The Morgan fingerprint density at radius 1 is 0.872 bits per heavy atom. The summed E-state index contributed by atoms with van der Waals surface area (Å²) in [5.41, 5.74) is -2.37. The number of hydrogen-bond acceptors (Lipinski definition) is 6. The van der Waals surface area contributed by atoms with Crippen LogP contribution in [-0.2, 0) is 28.6 Å². The van der Waals surface area contributed by atoms with E-state index in [1.807, 2.05) is 20.8 Å². The summed E-state index contributed by atoms with van der Waals surface area (Å²) in [5, 5.41) is 0. The molecule has 2 fully saturated rings. The van der Waals surface area contributed by atoms with Gasteiger partial charge in [-0.1, -0.05) is 34.6 Å². The van der Waals surface area contributed by atoms with E-state index in [2.05, 4.69) is 30.2 Å². The van der Waals surface area contributed by atoms with Crippen molar-refractivity contribution in [1.82, 2.24) is 0 Å². The normalized spacial score (nSPS) is 25.8. The first-order valence-corrected chi connectivity index (χ1v) is 12.8. The van der Waals surface area contributed by atoms with Gasteiger partial charge in [-0.25, -0.2) is 14.0 Å². The van der Waals surface area contributed by atoms with Gasteiger partial charge in [-0.15, -0.1) is 0 Å². The fourth-order valence-corrected chi connectivity index (χ4v) is 4.65. The number of halogens is 7. The van der Waals surface area contributed by atoms with Crippen LogP contribution < -0.4 is 0 Å². The molecular formula is C26H39F7O6. The maximum atomic E-state index is 13.3. The summed E-state index contributed by atoms with van der Waals surface area (Å²) in [6.07, 6.45) is -11.9. The van der Waals surface area contributed by atoms with Crippen LogP contribution in [0.5, 0.6) is 0 Å². The van der Waals surface area contributed by atoms with E-state index in [1.165, 1.54) is 19.8 Å². The van der Waals surface area contributed by atoms with Crippen molar-refractivity contribution in [3.63, 3.8) is 0 Å². The fourth-order valence-electron chi connectivity index (χ4n) is 4.65. The highest BCUT2D eigenvalue weighted by molar-refractivity contribution is 5.82. The third-order valence-corrected chi connectivity index (χ3v) is 8.65. The highest BCUT2D eigenvalue weighted by atomic mass is 19.4.